The fourth-order valence-corrected chi connectivity index (χ4v) is 3.18. The van der Waals surface area contributed by atoms with Crippen molar-refractivity contribution in [1.29, 1.82) is 0 Å². The number of unbranched alkanes of at least 4 members (excludes halogenated alkanes) is 1. The van der Waals surface area contributed by atoms with Crippen LogP contribution in [0.25, 0.3) is 0 Å². The second kappa shape index (κ2) is 5.80. The Kier molecular flexibility index (Phi) is 4.95. The van der Waals surface area contributed by atoms with Gasteiger partial charge in [-0.15, -0.1) is 0 Å². The van der Waals surface area contributed by atoms with Crippen molar-refractivity contribution in [3.8, 4) is 0 Å². The summed E-state index contributed by atoms with van der Waals surface area (Å²) in [5.74, 6) is 0. The molecule has 0 bridgehead atoms. The highest BCUT2D eigenvalue weighted by atomic mass is 79.9. The molecule has 0 heterocycles. The zero-order valence-electron chi connectivity index (χ0n) is 9.46. The van der Waals surface area contributed by atoms with E-state index in [1.807, 2.05) is 13.0 Å². The molecule has 3 nitrogen and oxygen atoms in total. The number of halogens is 1. The van der Waals surface area contributed by atoms with Gasteiger partial charge >= 0.3 is 0 Å². The molecule has 16 heavy (non-hydrogen) atoms. The molecule has 0 saturated carbocycles. The van der Waals surface area contributed by atoms with Crippen molar-refractivity contribution < 1.29 is 8.42 Å². The Hall–Kier alpha value is -0.390. The molecule has 0 radical (unpaired) electrons. The molecule has 0 aliphatic rings. The Morgan fingerprint density at radius 2 is 2.06 bits per heavy atom. The smallest absolute Gasteiger partial charge is 0.211 e. The van der Waals surface area contributed by atoms with Crippen LogP contribution in [-0.4, -0.2) is 15.0 Å². The molecule has 1 rings (SSSR count). The molecule has 0 atom stereocenters. The largest absolute Gasteiger partial charge is 0.240 e. The van der Waals surface area contributed by atoms with E-state index in [9.17, 15) is 8.42 Å². The second-order valence-corrected chi connectivity index (χ2v) is 6.31. The molecule has 0 aliphatic heterocycles. The van der Waals surface area contributed by atoms with Crippen molar-refractivity contribution in [2.45, 2.75) is 31.6 Å². The standard InChI is InChI=1S/C11H16BrNO2S/c1-3-4-7-13-16(14,15)11-8-10(12)6-5-9(11)2/h5-6,8,13H,3-4,7H2,1-2H3. The van der Waals surface area contributed by atoms with Gasteiger partial charge in [-0.2, -0.15) is 0 Å². The van der Waals surface area contributed by atoms with Crippen LogP contribution >= 0.6 is 15.9 Å². The highest BCUT2D eigenvalue weighted by Crippen LogP contribution is 2.20. The predicted octanol–water partition coefficient (Wildman–Crippen LogP) is 2.84. The van der Waals surface area contributed by atoms with E-state index in [1.165, 1.54) is 0 Å². The van der Waals surface area contributed by atoms with Crippen LogP contribution < -0.4 is 4.72 Å². The minimum absolute atomic E-state index is 0.345. The van der Waals surface area contributed by atoms with Gasteiger partial charge in [0.25, 0.3) is 0 Å². The van der Waals surface area contributed by atoms with Gasteiger partial charge in [0.15, 0.2) is 0 Å². The summed E-state index contributed by atoms with van der Waals surface area (Å²) in [6, 6.07) is 5.25. The number of aryl methyl sites for hydroxylation is 1. The van der Waals surface area contributed by atoms with Crippen LogP contribution in [0.1, 0.15) is 25.3 Å². The third kappa shape index (κ3) is 3.57. The van der Waals surface area contributed by atoms with Crippen LogP contribution in [0.15, 0.2) is 27.6 Å². The summed E-state index contributed by atoms with van der Waals surface area (Å²) in [5.41, 5.74) is 0.757. The molecule has 0 spiro atoms. The highest BCUT2D eigenvalue weighted by Gasteiger charge is 2.15. The third-order valence-corrected chi connectivity index (χ3v) is 4.36. The lowest BCUT2D eigenvalue weighted by Crippen LogP contribution is -2.25. The SMILES string of the molecule is CCCCNS(=O)(=O)c1cc(Br)ccc1C. The Labute approximate surface area is 105 Å². The summed E-state index contributed by atoms with van der Waals surface area (Å²) in [6.07, 6.45) is 1.83. The van der Waals surface area contributed by atoms with E-state index in [2.05, 4.69) is 20.7 Å². The average molecular weight is 306 g/mol. The Balaban J connectivity index is 2.93. The van der Waals surface area contributed by atoms with E-state index in [-0.39, 0.29) is 0 Å². The maximum Gasteiger partial charge on any atom is 0.240 e. The van der Waals surface area contributed by atoms with Gasteiger partial charge in [0, 0.05) is 11.0 Å². The van der Waals surface area contributed by atoms with Crippen LogP contribution in [0.2, 0.25) is 0 Å². The normalized spacial score (nSPS) is 11.7. The van der Waals surface area contributed by atoms with E-state index in [4.69, 9.17) is 0 Å². The quantitative estimate of drug-likeness (QED) is 0.850. The molecule has 90 valence electrons. The lowest BCUT2D eigenvalue weighted by Gasteiger charge is -2.09. The lowest BCUT2D eigenvalue weighted by atomic mass is 10.2. The Morgan fingerprint density at radius 1 is 1.38 bits per heavy atom. The molecule has 1 N–H and O–H groups in total. The number of hydrogen-bond acceptors (Lipinski definition) is 2. The Bertz CT molecular complexity index is 457. The minimum atomic E-state index is -3.37. The summed E-state index contributed by atoms with van der Waals surface area (Å²) in [7, 11) is -3.37. The average Bonchev–Trinajstić information content (AvgIpc) is 2.22. The minimum Gasteiger partial charge on any atom is -0.211 e. The van der Waals surface area contributed by atoms with Gasteiger partial charge in [0.1, 0.15) is 0 Å². The third-order valence-electron chi connectivity index (χ3n) is 2.26. The predicted molar refractivity (Wildman–Crippen MR) is 69.0 cm³/mol. The molecule has 1 aromatic carbocycles. The van der Waals surface area contributed by atoms with Crippen LogP contribution in [0.3, 0.4) is 0 Å². The van der Waals surface area contributed by atoms with Crippen LogP contribution in [0.4, 0.5) is 0 Å². The van der Waals surface area contributed by atoms with Crippen molar-refractivity contribution in [3.05, 3.63) is 28.2 Å². The van der Waals surface area contributed by atoms with Crippen molar-refractivity contribution in [2.75, 3.05) is 6.54 Å². The molecular formula is C11H16BrNO2S. The first kappa shape index (κ1) is 13.7. The van der Waals surface area contributed by atoms with Crippen molar-refractivity contribution in [2.24, 2.45) is 0 Å². The van der Waals surface area contributed by atoms with Gasteiger partial charge in [-0.25, -0.2) is 13.1 Å². The van der Waals surface area contributed by atoms with Gasteiger partial charge < -0.3 is 0 Å². The monoisotopic (exact) mass is 305 g/mol. The maximum atomic E-state index is 11.9. The number of nitrogens with one attached hydrogen (secondary N) is 1. The fraction of sp³-hybridized carbons (Fsp3) is 0.455. The fourth-order valence-electron chi connectivity index (χ4n) is 1.32. The van der Waals surface area contributed by atoms with Gasteiger partial charge in [-0.3, -0.25) is 0 Å². The van der Waals surface area contributed by atoms with Crippen molar-refractivity contribution in [3.63, 3.8) is 0 Å². The second-order valence-electron chi connectivity index (χ2n) is 3.66. The summed E-state index contributed by atoms with van der Waals surface area (Å²) in [6.45, 7) is 4.31. The molecular weight excluding hydrogens is 290 g/mol. The summed E-state index contributed by atoms with van der Waals surface area (Å²) in [4.78, 5) is 0.345. The van der Waals surface area contributed by atoms with Crippen molar-refractivity contribution in [1.82, 2.24) is 4.72 Å². The van der Waals surface area contributed by atoms with Gasteiger partial charge in [-0.05, 0) is 31.0 Å². The van der Waals surface area contributed by atoms with E-state index in [0.717, 1.165) is 22.9 Å². The van der Waals surface area contributed by atoms with E-state index < -0.39 is 10.0 Å². The molecule has 5 heteroatoms. The molecule has 0 saturated heterocycles. The van der Waals surface area contributed by atoms with Crippen LogP contribution in [-0.2, 0) is 10.0 Å². The first-order valence-electron chi connectivity index (χ1n) is 5.23. The molecule has 0 aromatic heterocycles. The van der Waals surface area contributed by atoms with Crippen LogP contribution in [0.5, 0.6) is 0 Å². The summed E-state index contributed by atoms with van der Waals surface area (Å²) < 4.78 is 27.3. The Morgan fingerprint density at radius 3 is 2.69 bits per heavy atom. The highest BCUT2D eigenvalue weighted by molar-refractivity contribution is 9.10. The lowest BCUT2D eigenvalue weighted by molar-refractivity contribution is 0.577. The molecule has 0 amide bonds. The van der Waals surface area contributed by atoms with Gasteiger partial charge in [-0.1, -0.05) is 35.3 Å². The van der Waals surface area contributed by atoms with Crippen molar-refractivity contribution >= 4 is 26.0 Å². The molecule has 1 aromatic rings. The number of rotatable bonds is 5. The van der Waals surface area contributed by atoms with E-state index >= 15 is 0 Å². The molecule has 0 unspecified atom stereocenters. The number of hydrogen-bond donors (Lipinski definition) is 1. The topological polar surface area (TPSA) is 46.2 Å². The first-order chi connectivity index (χ1) is 7.47. The zero-order chi connectivity index (χ0) is 12.2. The molecule has 0 fully saturated rings. The number of sulfonamides is 1. The molecule has 0 aliphatic carbocycles. The maximum absolute atomic E-state index is 11.9. The van der Waals surface area contributed by atoms with E-state index in [0.29, 0.717) is 11.4 Å². The first-order valence-corrected chi connectivity index (χ1v) is 7.51. The summed E-state index contributed by atoms with van der Waals surface area (Å²) >= 11 is 3.28. The zero-order valence-corrected chi connectivity index (χ0v) is 11.9. The number of benzene rings is 1. The van der Waals surface area contributed by atoms with Crippen LogP contribution in [0, 0.1) is 6.92 Å². The van der Waals surface area contributed by atoms with Gasteiger partial charge in [0.05, 0.1) is 4.90 Å². The van der Waals surface area contributed by atoms with Gasteiger partial charge in [0.2, 0.25) is 10.0 Å². The summed E-state index contributed by atoms with van der Waals surface area (Å²) in [5, 5.41) is 0. The van der Waals surface area contributed by atoms with E-state index in [1.54, 1.807) is 19.1 Å².